The highest BCUT2D eigenvalue weighted by Gasteiger charge is 2.56. The number of carbonyl (C=O) groups is 1. The first-order valence-corrected chi connectivity index (χ1v) is 12.8. The van der Waals surface area contributed by atoms with E-state index in [0.717, 1.165) is 0 Å². The van der Waals surface area contributed by atoms with Crippen LogP contribution in [0.5, 0.6) is 5.75 Å². The number of aliphatic hydroxyl groups excluding tert-OH is 2. The molecular weight excluding hydrogens is 517 g/mol. The molecule has 1 unspecified atom stereocenters. The monoisotopic (exact) mass is 541 g/mol. The summed E-state index contributed by atoms with van der Waals surface area (Å²) >= 11 is 6.17. The lowest BCUT2D eigenvalue weighted by atomic mass is 9.96. The molecule has 36 heavy (non-hydrogen) atoms. The summed E-state index contributed by atoms with van der Waals surface area (Å²) in [6.07, 6.45) is -2.93. The van der Waals surface area contributed by atoms with E-state index in [2.05, 4.69) is 15.2 Å². The summed E-state index contributed by atoms with van der Waals surface area (Å²) in [4.78, 5) is 15.3. The van der Waals surface area contributed by atoms with E-state index < -0.39 is 50.3 Å². The Morgan fingerprint density at radius 1 is 1.33 bits per heavy atom. The van der Waals surface area contributed by atoms with Crippen LogP contribution in [0.3, 0.4) is 0 Å². The molecular formula is C21H25ClN5O8P. The second-order valence-electron chi connectivity index (χ2n) is 8.24. The second-order valence-corrected chi connectivity index (χ2v) is 10.2. The van der Waals surface area contributed by atoms with Gasteiger partial charge < -0.3 is 30.3 Å². The molecule has 0 saturated carbocycles. The third-order valence-corrected chi connectivity index (χ3v) is 7.81. The average molecular weight is 542 g/mol. The number of benzene rings is 1. The van der Waals surface area contributed by atoms with E-state index in [1.165, 1.54) is 29.9 Å². The smallest absolute Gasteiger partial charge is 0.459 e. The summed E-state index contributed by atoms with van der Waals surface area (Å²) in [6.45, 7) is 0.644. The Morgan fingerprint density at radius 3 is 2.72 bits per heavy atom. The lowest BCUT2D eigenvalue weighted by Gasteiger charge is -2.31. The van der Waals surface area contributed by atoms with Crippen LogP contribution in [0.25, 0.3) is 5.52 Å². The number of nitrogens with two attached hydrogens (primary N) is 1. The fraction of sp³-hybridized carbons (Fsp3) is 0.381. The van der Waals surface area contributed by atoms with Gasteiger partial charge in [0.2, 0.25) is 0 Å². The van der Waals surface area contributed by atoms with Gasteiger partial charge in [0.25, 0.3) is 0 Å². The van der Waals surface area contributed by atoms with Gasteiger partial charge in [-0.25, -0.2) is 14.1 Å². The number of aromatic nitrogens is 3. The maximum Gasteiger partial charge on any atom is 0.459 e. The van der Waals surface area contributed by atoms with Crippen molar-refractivity contribution in [3.05, 3.63) is 54.5 Å². The molecule has 0 aliphatic carbocycles. The number of carboxylic acids is 1. The zero-order valence-electron chi connectivity index (χ0n) is 19.0. The van der Waals surface area contributed by atoms with E-state index in [1.807, 2.05) is 0 Å². The van der Waals surface area contributed by atoms with Crippen LogP contribution in [0.15, 0.2) is 48.8 Å². The van der Waals surface area contributed by atoms with Gasteiger partial charge >= 0.3 is 13.7 Å². The highest BCUT2D eigenvalue weighted by Crippen LogP contribution is 2.48. The molecule has 3 aromatic rings. The quantitative estimate of drug-likeness (QED) is 0.183. The first-order chi connectivity index (χ1) is 17.1. The highest BCUT2D eigenvalue weighted by molar-refractivity contribution is 7.52. The number of halogens is 1. The Morgan fingerprint density at radius 2 is 2.06 bits per heavy atom. The number of fused-ring (bicyclic) bond motifs is 1. The van der Waals surface area contributed by atoms with E-state index in [9.17, 15) is 24.7 Å². The number of nitrogens with zero attached hydrogens (tertiary/aromatic N) is 3. The molecule has 0 radical (unpaired) electrons. The first-order valence-electron chi connectivity index (χ1n) is 10.8. The molecule has 1 saturated heterocycles. The SMILES string of the molecule is C[C@H](NP(=O)(OC[C@@]1(CCl)O[C@@H](c2ccc3c(N)ncnn23)[C@H](O)[C@@H]1O)Oc1ccccc1)C(=O)O. The van der Waals surface area contributed by atoms with Crippen molar-refractivity contribution >= 4 is 36.7 Å². The van der Waals surface area contributed by atoms with Crippen molar-refractivity contribution in [1.29, 1.82) is 0 Å². The number of aliphatic carboxylic acids is 1. The number of nitrogen functional groups attached to an aromatic ring is 1. The third-order valence-electron chi connectivity index (χ3n) is 5.73. The minimum Gasteiger partial charge on any atom is -0.480 e. The number of hydrogen-bond donors (Lipinski definition) is 5. The Balaban J connectivity index is 1.60. The average Bonchev–Trinajstić information content (AvgIpc) is 3.39. The molecule has 1 fully saturated rings. The molecule has 1 aliphatic heterocycles. The van der Waals surface area contributed by atoms with Crippen molar-refractivity contribution in [2.45, 2.75) is 36.9 Å². The van der Waals surface area contributed by atoms with Crippen LogP contribution in [0.2, 0.25) is 0 Å². The molecule has 4 rings (SSSR count). The number of hydrogen-bond acceptors (Lipinski definition) is 10. The second kappa shape index (κ2) is 10.3. The molecule has 0 bridgehead atoms. The van der Waals surface area contributed by atoms with E-state index in [1.54, 1.807) is 30.3 Å². The zero-order valence-corrected chi connectivity index (χ0v) is 20.6. The number of alkyl halides is 1. The molecule has 194 valence electrons. The lowest BCUT2D eigenvalue weighted by Crippen LogP contribution is -2.49. The predicted molar refractivity (Wildman–Crippen MR) is 128 cm³/mol. The zero-order chi connectivity index (χ0) is 26.1. The fourth-order valence-electron chi connectivity index (χ4n) is 3.76. The number of aliphatic hydroxyl groups is 2. The summed E-state index contributed by atoms with van der Waals surface area (Å²) in [5.41, 5.74) is 4.96. The van der Waals surface area contributed by atoms with Gasteiger partial charge in [-0.15, -0.1) is 11.6 Å². The van der Waals surface area contributed by atoms with Gasteiger partial charge in [-0.05, 0) is 31.2 Å². The predicted octanol–water partition coefficient (Wildman–Crippen LogP) is 1.35. The van der Waals surface area contributed by atoms with Crippen LogP contribution in [0, 0.1) is 0 Å². The van der Waals surface area contributed by atoms with Gasteiger partial charge in [0.15, 0.2) is 5.82 Å². The van der Waals surface area contributed by atoms with E-state index >= 15 is 0 Å². The van der Waals surface area contributed by atoms with Crippen LogP contribution >= 0.6 is 19.3 Å². The van der Waals surface area contributed by atoms with E-state index in [-0.39, 0.29) is 17.4 Å². The van der Waals surface area contributed by atoms with Gasteiger partial charge in [0.05, 0.1) is 18.2 Å². The molecule has 0 spiro atoms. The normalized spacial score (nSPS) is 26.5. The van der Waals surface area contributed by atoms with Gasteiger partial charge in [0.1, 0.15) is 47.5 Å². The molecule has 0 amide bonds. The van der Waals surface area contributed by atoms with Crippen LogP contribution in [0.4, 0.5) is 5.82 Å². The summed E-state index contributed by atoms with van der Waals surface area (Å²) in [7, 11) is -4.34. The van der Waals surface area contributed by atoms with Gasteiger partial charge in [-0.2, -0.15) is 10.2 Å². The summed E-state index contributed by atoms with van der Waals surface area (Å²) in [6, 6.07) is 9.90. The summed E-state index contributed by atoms with van der Waals surface area (Å²) in [5.74, 6) is -1.32. The Bertz CT molecular complexity index is 1280. The largest absolute Gasteiger partial charge is 0.480 e. The van der Waals surface area contributed by atoms with Crippen LogP contribution in [-0.2, 0) is 18.6 Å². The minimum absolute atomic E-state index is 0.147. The summed E-state index contributed by atoms with van der Waals surface area (Å²) < 4.78 is 32.0. The van der Waals surface area contributed by atoms with Gasteiger partial charge in [0, 0.05) is 0 Å². The minimum atomic E-state index is -4.34. The number of anilines is 1. The Kier molecular flexibility index (Phi) is 7.53. The number of nitrogens with one attached hydrogen (secondary N) is 1. The molecule has 3 heterocycles. The standard InChI is InChI=1S/C21H25ClN5O8P/c1-12(20(30)31)26-36(32,35-13-5-3-2-4-6-13)33-10-21(9-22)18(29)16(28)17(34-21)14-7-8-15-19(23)24-11-25-27(14)15/h2-8,11-12,16-18,28-29H,9-10H2,1H3,(H,26,32)(H,30,31)(H2,23,24,25)/t12-,16-,17-,18-,21+,36?/m0/s1. The van der Waals surface area contributed by atoms with Crippen molar-refractivity contribution in [3.63, 3.8) is 0 Å². The van der Waals surface area contributed by atoms with Crippen molar-refractivity contribution in [2.24, 2.45) is 0 Å². The molecule has 13 nitrogen and oxygen atoms in total. The van der Waals surface area contributed by atoms with Crippen molar-refractivity contribution in [1.82, 2.24) is 19.7 Å². The van der Waals surface area contributed by atoms with E-state index in [0.29, 0.717) is 11.2 Å². The van der Waals surface area contributed by atoms with Crippen LogP contribution < -0.4 is 15.3 Å². The van der Waals surface area contributed by atoms with Crippen molar-refractivity contribution < 1.29 is 38.5 Å². The topological polar surface area (TPSA) is 191 Å². The molecule has 6 atom stereocenters. The Labute approximate surface area is 210 Å². The number of carboxylic acid groups (broad SMARTS) is 1. The fourth-order valence-corrected chi connectivity index (χ4v) is 5.61. The van der Waals surface area contributed by atoms with Crippen molar-refractivity contribution in [2.75, 3.05) is 18.2 Å². The summed E-state index contributed by atoms with van der Waals surface area (Å²) in [5, 5.41) is 37.5. The maximum absolute atomic E-state index is 13.5. The molecule has 6 N–H and O–H groups in total. The first kappa shape index (κ1) is 26.3. The highest BCUT2D eigenvalue weighted by atomic mass is 35.5. The van der Waals surface area contributed by atoms with E-state index in [4.69, 9.17) is 31.1 Å². The molecule has 2 aromatic heterocycles. The van der Waals surface area contributed by atoms with Crippen molar-refractivity contribution in [3.8, 4) is 5.75 Å². The lowest BCUT2D eigenvalue weighted by molar-refractivity contribution is -0.138. The number of para-hydroxylation sites is 1. The number of ether oxygens (including phenoxy) is 1. The maximum atomic E-state index is 13.5. The molecule has 1 aromatic carbocycles. The third kappa shape index (κ3) is 5.04. The Hall–Kier alpha value is -2.77. The molecule has 1 aliphatic rings. The number of rotatable bonds is 10. The van der Waals surface area contributed by atoms with Gasteiger partial charge in [-0.1, -0.05) is 18.2 Å². The van der Waals surface area contributed by atoms with Crippen LogP contribution in [-0.4, -0.2) is 72.2 Å². The van der Waals surface area contributed by atoms with Gasteiger partial charge in [-0.3, -0.25) is 9.32 Å². The molecule has 15 heteroatoms. The van der Waals surface area contributed by atoms with Crippen LogP contribution in [0.1, 0.15) is 18.7 Å².